The van der Waals surface area contributed by atoms with Gasteiger partial charge in [0.1, 0.15) is 0 Å². The number of carbonyl (C=O) groups excluding carboxylic acids is 1. The Morgan fingerprint density at radius 1 is 1.00 bits per heavy atom. The van der Waals surface area contributed by atoms with Gasteiger partial charge in [-0.2, -0.15) is 0 Å². The Labute approximate surface area is 135 Å². The summed E-state index contributed by atoms with van der Waals surface area (Å²) in [6.45, 7) is 1.89. The first kappa shape index (κ1) is 14.9. The van der Waals surface area contributed by atoms with E-state index >= 15 is 0 Å². The van der Waals surface area contributed by atoms with Crippen molar-refractivity contribution >= 4 is 23.2 Å². The summed E-state index contributed by atoms with van der Waals surface area (Å²) in [6, 6.07) is 17.6. The van der Waals surface area contributed by atoms with E-state index in [1.165, 1.54) is 5.69 Å². The van der Waals surface area contributed by atoms with Crippen LogP contribution in [0.4, 0.5) is 5.69 Å². The maximum Gasteiger partial charge on any atom is 0.251 e. The number of benzene rings is 2. The Hall–Kier alpha value is -2.00. The molecule has 1 aliphatic heterocycles. The molecule has 0 aromatic heterocycles. The summed E-state index contributed by atoms with van der Waals surface area (Å²) in [6.07, 6.45) is 1.92. The Kier molecular flexibility index (Phi) is 4.64. The Balaban J connectivity index is 1.53. The van der Waals surface area contributed by atoms with E-state index in [0.717, 1.165) is 36.5 Å². The van der Waals surface area contributed by atoms with Crippen molar-refractivity contribution in [3.8, 4) is 0 Å². The molecule has 22 heavy (non-hydrogen) atoms. The largest absolute Gasteiger partial charge is 0.371 e. The molecule has 0 spiro atoms. The van der Waals surface area contributed by atoms with Crippen LogP contribution >= 0.6 is 11.6 Å². The predicted molar refractivity (Wildman–Crippen MR) is 90.6 cm³/mol. The van der Waals surface area contributed by atoms with Gasteiger partial charge in [-0.1, -0.05) is 29.8 Å². The van der Waals surface area contributed by atoms with Gasteiger partial charge in [-0.25, -0.2) is 0 Å². The van der Waals surface area contributed by atoms with Crippen molar-refractivity contribution in [2.45, 2.75) is 18.9 Å². The van der Waals surface area contributed by atoms with Gasteiger partial charge in [0.25, 0.3) is 5.91 Å². The van der Waals surface area contributed by atoms with Crippen molar-refractivity contribution in [2.24, 2.45) is 0 Å². The van der Waals surface area contributed by atoms with E-state index < -0.39 is 0 Å². The fourth-order valence-corrected chi connectivity index (χ4v) is 2.92. The summed E-state index contributed by atoms with van der Waals surface area (Å²) in [5, 5.41) is 3.89. The van der Waals surface area contributed by atoms with Crippen molar-refractivity contribution in [3.63, 3.8) is 0 Å². The summed E-state index contributed by atoms with van der Waals surface area (Å²) >= 11 is 5.92. The third-order valence-corrected chi connectivity index (χ3v) is 4.31. The first-order valence-corrected chi connectivity index (χ1v) is 7.96. The molecule has 2 aromatic rings. The molecule has 1 heterocycles. The van der Waals surface area contributed by atoms with Gasteiger partial charge in [0.15, 0.2) is 0 Å². The zero-order valence-corrected chi connectivity index (χ0v) is 13.1. The van der Waals surface area contributed by atoms with E-state index in [4.69, 9.17) is 11.6 Å². The Morgan fingerprint density at radius 2 is 1.64 bits per heavy atom. The molecule has 2 aromatic carbocycles. The molecule has 1 saturated heterocycles. The lowest BCUT2D eigenvalue weighted by atomic mass is 10.0. The van der Waals surface area contributed by atoms with Gasteiger partial charge in [-0.3, -0.25) is 4.79 Å². The number of rotatable bonds is 3. The van der Waals surface area contributed by atoms with Gasteiger partial charge in [0.2, 0.25) is 0 Å². The topological polar surface area (TPSA) is 32.3 Å². The highest BCUT2D eigenvalue weighted by atomic mass is 35.5. The molecule has 3 nitrogen and oxygen atoms in total. The lowest BCUT2D eigenvalue weighted by Crippen LogP contribution is -2.44. The molecule has 3 rings (SSSR count). The first-order chi connectivity index (χ1) is 10.7. The summed E-state index contributed by atoms with van der Waals surface area (Å²) in [5.41, 5.74) is 1.92. The van der Waals surface area contributed by atoms with Gasteiger partial charge >= 0.3 is 0 Å². The third-order valence-electron chi connectivity index (χ3n) is 4.06. The van der Waals surface area contributed by atoms with E-state index in [0.29, 0.717) is 0 Å². The number of hydrogen-bond donors (Lipinski definition) is 1. The monoisotopic (exact) mass is 314 g/mol. The van der Waals surface area contributed by atoms with E-state index in [9.17, 15) is 4.79 Å². The number of halogens is 1. The van der Waals surface area contributed by atoms with Crippen LogP contribution in [0.15, 0.2) is 54.6 Å². The maximum atomic E-state index is 12.2. The molecule has 1 aliphatic rings. The van der Waals surface area contributed by atoms with Crippen LogP contribution in [0.5, 0.6) is 0 Å². The minimum absolute atomic E-state index is 0.0190. The van der Waals surface area contributed by atoms with Crippen LogP contribution in [0.3, 0.4) is 0 Å². The standard InChI is InChI=1S/C18H19ClN2O/c19-15-6-8-17(9-7-15)21-12-10-16(11-13-21)20-18(22)14-4-2-1-3-5-14/h1-9,16H,10-13H2,(H,20,22). The molecular formula is C18H19ClN2O. The number of nitrogens with one attached hydrogen (secondary N) is 1. The molecule has 1 amide bonds. The minimum Gasteiger partial charge on any atom is -0.371 e. The van der Waals surface area contributed by atoms with E-state index in [1.807, 2.05) is 54.6 Å². The van der Waals surface area contributed by atoms with Crippen LogP contribution in [0.25, 0.3) is 0 Å². The summed E-state index contributed by atoms with van der Waals surface area (Å²) in [5.74, 6) is 0.0190. The number of hydrogen-bond acceptors (Lipinski definition) is 2. The summed E-state index contributed by atoms with van der Waals surface area (Å²) in [4.78, 5) is 14.5. The van der Waals surface area contributed by atoms with Crippen LogP contribution in [0.1, 0.15) is 23.2 Å². The third kappa shape index (κ3) is 3.60. The minimum atomic E-state index is 0.0190. The average molecular weight is 315 g/mol. The maximum absolute atomic E-state index is 12.2. The molecule has 4 heteroatoms. The van der Waals surface area contributed by atoms with Crippen LogP contribution in [0, 0.1) is 0 Å². The molecule has 114 valence electrons. The van der Waals surface area contributed by atoms with Crippen molar-refractivity contribution in [1.82, 2.24) is 5.32 Å². The Bertz CT molecular complexity index is 619. The number of amides is 1. The zero-order chi connectivity index (χ0) is 15.4. The molecule has 1 N–H and O–H groups in total. The quantitative estimate of drug-likeness (QED) is 0.936. The fraction of sp³-hybridized carbons (Fsp3) is 0.278. The molecule has 0 radical (unpaired) electrons. The van der Waals surface area contributed by atoms with Crippen LogP contribution < -0.4 is 10.2 Å². The van der Waals surface area contributed by atoms with Crippen molar-refractivity contribution in [2.75, 3.05) is 18.0 Å². The normalized spacial score (nSPS) is 15.6. The van der Waals surface area contributed by atoms with Gasteiger partial charge in [-0.15, -0.1) is 0 Å². The SMILES string of the molecule is O=C(NC1CCN(c2ccc(Cl)cc2)CC1)c1ccccc1. The number of carbonyl (C=O) groups is 1. The lowest BCUT2D eigenvalue weighted by Gasteiger charge is -2.34. The van der Waals surface area contributed by atoms with Gasteiger partial charge in [0, 0.05) is 35.4 Å². The fourth-order valence-electron chi connectivity index (χ4n) is 2.79. The molecule has 0 bridgehead atoms. The molecule has 0 atom stereocenters. The molecule has 0 aliphatic carbocycles. The smallest absolute Gasteiger partial charge is 0.251 e. The van der Waals surface area contributed by atoms with E-state index in [1.54, 1.807) is 0 Å². The van der Waals surface area contributed by atoms with Crippen LogP contribution in [-0.2, 0) is 0 Å². The zero-order valence-electron chi connectivity index (χ0n) is 12.3. The van der Waals surface area contributed by atoms with Crippen LogP contribution in [0.2, 0.25) is 5.02 Å². The molecule has 0 saturated carbocycles. The number of piperidine rings is 1. The second-order valence-electron chi connectivity index (χ2n) is 5.58. The van der Waals surface area contributed by atoms with Gasteiger partial charge < -0.3 is 10.2 Å². The first-order valence-electron chi connectivity index (χ1n) is 7.59. The predicted octanol–water partition coefficient (Wildman–Crippen LogP) is 3.74. The van der Waals surface area contributed by atoms with Gasteiger partial charge in [0.05, 0.1) is 0 Å². The number of anilines is 1. The lowest BCUT2D eigenvalue weighted by molar-refractivity contribution is 0.0931. The van der Waals surface area contributed by atoms with E-state index in [2.05, 4.69) is 10.2 Å². The second kappa shape index (κ2) is 6.84. The number of nitrogens with zero attached hydrogens (tertiary/aromatic N) is 1. The Morgan fingerprint density at radius 3 is 2.27 bits per heavy atom. The summed E-state index contributed by atoms with van der Waals surface area (Å²) < 4.78 is 0. The average Bonchev–Trinajstić information content (AvgIpc) is 2.57. The van der Waals surface area contributed by atoms with Crippen molar-refractivity contribution in [1.29, 1.82) is 0 Å². The highest BCUT2D eigenvalue weighted by molar-refractivity contribution is 6.30. The summed E-state index contributed by atoms with van der Waals surface area (Å²) in [7, 11) is 0. The molecular weight excluding hydrogens is 296 g/mol. The van der Waals surface area contributed by atoms with Crippen LogP contribution in [-0.4, -0.2) is 25.0 Å². The highest BCUT2D eigenvalue weighted by Crippen LogP contribution is 2.22. The van der Waals surface area contributed by atoms with Crippen molar-refractivity contribution in [3.05, 3.63) is 65.2 Å². The van der Waals surface area contributed by atoms with Gasteiger partial charge in [-0.05, 0) is 49.2 Å². The van der Waals surface area contributed by atoms with Crippen molar-refractivity contribution < 1.29 is 4.79 Å². The molecule has 1 fully saturated rings. The molecule has 0 unspecified atom stereocenters. The van der Waals surface area contributed by atoms with E-state index in [-0.39, 0.29) is 11.9 Å². The highest BCUT2D eigenvalue weighted by Gasteiger charge is 2.21. The second-order valence-corrected chi connectivity index (χ2v) is 6.01.